The van der Waals surface area contributed by atoms with Crippen LogP contribution in [0.15, 0.2) is 78.9 Å². The summed E-state index contributed by atoms with van der Waals surface area (Å²) in [6.45, 7) is 4.26. The molecule has 3 aromatic carbocycles. The molecule has 0 heterocycles. The fourth-order valence-corrected chi connectivity index (χ4v) is 4.93. The van der Waals surface area contributed by atoms with E-state index in [1.807, 2.05) is 37.3 Å². The molecule has 2 amide bonds. The van der Waals surface area contributed by atoms with Crippen molar-refractivity contribution < 1.29 is 22.7 Å². The number of sulfonamides is 1. The first kappa shape index (κ1) is 26.7. The van der Waals surface area contributed by atoms with E-state index in [0.717, 1.165) is 16.1 Å². The van der Waals surface area contributed by atoms with Crippen LogP contribution < -0.4 is 19.7 Å². The molecule has 8 nitrogen and oxygen atoms in total. The average molecular weight is 510 g/mol. The number of hydrogen-bond donors (Lipinski definition) is 2. The Hall–Kier alpha value is -3.85. The lowest BCUT2D eigenvalue weighted by Crippen LogP contribution is -2.45. The van der Waals surface area contributed by atoms with Crippen LogP contribution in [-0.4, -0.2) is 45.7 Å². The summed E-state index contributed by atoms with van der Waals surface area (Å²) in [6, 6.07) is 21.8. The molecule has 0 saturated heterocycles. The van der Waals surface area contributed by atoms with Gasteiger partial charge in [-0.15, -0.1) is 0 Å². The third-order valence-corrected chi connectivity index (χ3v) is 6.70. The Morgan fingerprint density at radius 3 is 2.22 bits per heavy atom. The zero-order valence-electron chi connectivity index (χ0n) is 20.6. The van der Waals surface area contributed by atoms with Crippen LogP contribution in [0.25, 0.3) is 0 Å². The van der Waals surface area contributed by atoms with Crippen LogP contribution in [0.4, 0.5) is 11.4 Å². The van der Waals surface area contributed by atoms with Crippen LogP contribution in [0.2, 0.25) is 0 Å². The van der Waals surface area contributed by atoms with Crippen molar-refractivity contribution in [2.75, 3.05) is 29.0 Å². The largest absolute Gasteiger partial charge is 0.494 e. The molecule has 3 rings (SSSR count). The topological polar surface area (TPSA) is 105 Å². The number of ether oxygens (including phenoxy) is 1. The first-order valence-electron chi connectivity index (χ1n) is 11.6. The van der Waals surface area contributed by atoms with Crippen LogP contribution >= 0.6 is 0 Å². The smallest absolute Gasteiger partial charge is 0.253 e. The minimum atomic E-state index is -3.79. The summed E-state index contributed by atoms with van der Waals surface area (Å²) >= 11 is 0. The average Bonchev–Trinajstić information content (AvgIpc) is 2.85. The zero-order chi connectivity index (χ0) is 26.1. The third-order valence-electron chi connectivity index (χ3n) is 5.46. The molecule has 0 saturated carbocycles. The summed E-state index contributed by atoms with van der Waals surface area (Å²) in [4.78, 5) is 26.0. The Bertz CT molecular complexity index is 1280. The number of nitrogens with zero attached hydrogens (tertiary/aromatic N) is 1. The second kappa shape index (κ2) is 12.2. The maximum Gasteiger partial charge on any atom is 0.253 e. The van der Waals surface area contributed by atoms with Gasteiger partial charge >= 0.3 is 0 Å². The van der Waals surface area contributed by atoms with Crippen LogP contribution in [0, 0.1) is 0 Å². The van der Waals surface area contributed by atoms with Crippen molar-refractivity contribution in [1.82, 2.24) is 5.32 Å². The van der Waals surface area contributed by atoms with Gasteiger partial charge in [-0.05, 0) is 62.2 Å². The second-order valence-corrected chi connectivity index (χ2v) is 10.0. The summed E-state index contributed by atoms with van der Waals surface area (Å²) < 4.78 is 31.7. The normalized spacial score (nSPS) is 11.9. The Kier molecular flexibility index (Phi) is 9.08. The predicted octanol–water partition coefficient (Wildman–Crippen LogP) is 3.85. The number of carbonyl (C=O) groups excluding carboxylic acids is 2. The van der Waals surface area contributed by atoms with Crippen molar-refractivity contribution in [1.29, 1.82) is 0 Å². The Labute approximate surface area is 212 Å². The summed E-state index contributed by atoms with van der Waals surface area (Å²) in [5.41, 5.74) is 2.02. The lowest BCUT2D eigenvalue weighted by atomic mass is 10.1. The summed E-state index contributed by atoms with van der Waals surface area (Å²) in [6.07, 6.45) is 1.71. The molecule has 0 aliphatic carbocycles. The van der Waals surface area contributed by atoms with Crippen LogP contribution in [-0.2, 0) is 21.2 Å². The molecule has 0 aliphatic rings. The highest BCUT2D eigenvalue weighted by Gasteiger charge is 2.30. The van der Waals surface area contributed by atoms with Gasteiger partial charge in [0.2, 0.25) is 15.9 Å². The number of carbonyl (C=O) groups is 2. The molecular weight excluding hydrogens is 478 g/mol. The number of amides is 2. The second-order valence-electron chi connectivity index (χ2n) is 8.19. The van der Waals surface area contributed by atoms with Crippen LogP contribution in [0.3, 0.4) is 0 Å². The van der Waals surface area contributed by atoms with E-state index >= 15 is 0 Å². The fourth-order valence-electron chi connectivity index (χ4n) is 3.75. The Morgan fingerprint density at radius 1 is 0.944 bits per heavy atom. The number of para-hydroxylation sites is 1. The van der Waals surface area contributed by atoms with E-state index in [2.05, 4.69) is 10.6 Å². The number of benzene rings is 3. The monoisotopic (exact) mass is 509 g/mol. The molecule has 0 aromatic heterocycles. The van der Waals surface area contributed by atoms with E-state index in [4.69, 9.17) is 4.74 Å². The molecule has 2 N–H and O–H groups in total. The van der Waals surface area contributed by atoms with Crippen LogP contribution in [0.1, 0.15) is 29.8 Å². The van der Waals surface area contributed by atoms with Gasteiger partial charge in [-0.3, -0.25) is 13.9 Å². The standard InChI is InChI=1S/C27H31N3O5S/c1-4-35-23-16-14-22(15-17-23)30(36(3,33)34)20(2)26(31)29-25-13-9-8-12-24(25)27(32)28-19-18-21-10-6-5-7-11-21/h5-17,20H,4,18-19H2,1-3H3,(H,28,32)(H,29,31). The van der Waals surface area contributed by atoms with Crippen LogP contribution in [0.5, 0.6) is 5.75 Å². The molecule has 0 bridgehead atoms. The van der Waals surface area contributed by atoms with E-state index in [1.54, 1.807) is 48.5 Å². The first-order valence-corrected chi connectivity index (χ1v) is 13.5. The molecule has 1 atom stereocenters. The fraction of sp³-hybridized carbons (Fsp3) is 0.259. The molecule has 3 aromatic rings. The van der Waals surface area contributed by atoms with Gasteiger partial charge < -0.3 is 15.4 Å². The maximum atomic E-state index is 13.1. The highest BCUT2D eigenvalue weighted by Crippen LogP contribution is 2.25. The van der Waals surface area contributed by atoms with Gasteiger partial charge in [0.05, 0.1) is 29.8 Å². The van der Waals surface area contributed by atoms with E-state index < -0.39 is 22.0 Å². The molecule has 9 heteroatoms. The summed E-state index contributed by atoms with van der Waals surface area (Å²) in [7, 11) is -3.79. The molecular formula is C27H31N3O5S. The number of anilines is 2. The zero-order valence-corrected chi connectivity index (χ0v) is 21.4. The Morgan fingerprint density at radius 2 is 1.58 bits per heavy atom. The number of nitrogens with one attached hydrogen (secondary N) is 2. The lowest BCUT2D eigenvalue weighted by molar-refractivity contribution is -0.116. The summed E-state index contributed by atoms with van der Waals surface area (Å²) in [5, 5.41) is 5.59. The highest BCUT2D eigenvalue weighted by atomic mass is 32.2. The van der Waals surface area contributed by atoms with Gasteiger partial charge in [-0.2, -0.15) is 0 Å². The van der Waals surface area contributed by atoms with Gasteiger partial charge in [0.1, 0.15) is 11.8 Å². The SMILES string of the molecule is CCOc1ccc(N(C(C)C(=O)Nc2ccccc2C(=O)NCCc2ccccc2)S(C)(=O)=O)cc1. The van der Waals surface area contributed by atoms with Gasteiger partial charge in [-0.25, -0.2) is 8.42 Å². The van der Waals surface area contributed by atoms with E-state index in [9.17, 15) is 18.0 Å². The highest BCUT2D eigenvalue weighted by molar-refractivity contribution is 7.92. The van der Waals surface area contributed by atoms with E-state index in [0.29, 0.717) is 36.7 Å². The first-order chi connectivity index (χ1) is 17.2. The molecule has 1 unspecified atom stereocenters. The van der Waals surface area contributed by atoms with Gasteiger partial charge in [0.25, 0.3) is 5.91 Å². The van der Waals surface area contributed by atoms with Gasteiger partial charge in [-0.1, -0.05) is 42.5 Å². The van der Waals surface area contributed by atoms with Crippen molar-refractivity contribution >= 4 is 33.2 Å². The molecule has 0 radical (unpaired) electrons. The van der Waals surface area contributed by atoms with Crippen molar-refractivity contribution in [3.8, 4) is 5.75 Å². The van der Waals surface area contributed by atoms with Crippen molar-refractivity contribution in [3.63, 3.8) is 0 Å². The molecule has 190 valence electrons. The number of hydrogen-bond acceptors (Lipinski definition) is 5. The molecule has 0 spiro atoms. The maximum absolute atomic E-state index is 13.1. The summed E-state index contributed by atoms with van der Waals surface area (Å²) in [5.74, 6) is -0.307. The quantitative estimate of drug-likeness (QED) is 0.409. The van der Waals surface area contributed by atoms with Crippen molar-refractivity contribution in [3.05, 3.63) is 90.0 Å². The van der Waals surface area contributed by atoms with Gasteiger partial charge in [0, 0.05) is 6.54 Å². The Balaban J connectivity index is 1.73. The minimum Gasteiger partial charge on any atom is -0.494 e. The van der Waals surface area contributed by atoms with E-state index in [-0.39, 0.29) is 11.5 Å². The van der Waals surface area contributed by atoms with E-state index in [1.165, 1.54) is 6.92 Å². The predicted molar refractivity (Wildman–Crippen MR) is 142 cm³/mol. The molecule has 0 aliphatic heterocycles. The van der Waals surface area contributed by atoms with Gasteiger partial charge in [0.15, 0.2) is 0 Å². The number of rotatable bonds is 11. The molecule has 36 heavy (non-hydrogen) atoms. The molecule has 0 fully saturated rings. The minimum absolute atomic E-state index is 0.290. The van der Waals surface area contributed by atoms with Crippen molar-refractivity contribution in [2.45, 2.75) is 26.3 Å². The van der Waals surface area contributed by atoms with Crippen molar-refractivity contribution in [2.24, 2.45) is 0 Å². The lowest BCUT2D eigenvalue weighted by Gasteiger charge is -2.28. The third kappa shape index (κ3) is 7.08.